The number of ether oxygens (including phenoxy) is 1. The molecule has 0 aliphatic carbocycles. The van der Waals surface area contributed by atoms with E-state index < -0.39 is 41.7 Å². The molecular formula is C25H41N3O6. The number of aliphatic hydroxyl groups excluding tert-OH is 1. The third-order valence-corrected chi connectivity index (χ3v) is 5.16. The Kier molecular flexibility index (Phi) is 11.9. The van der Waals surface area contributed by atoms with Gasteiger partial charge in [-0.1, -0.05) is 32.4 Å². The zero-order valence-electron chi connectivity index (χ0n) is 21.2. The topological polar surface area (TPSA) is 137 Å². The molecule has 1 rings (SSSR count). The molecule has 9 heteroatoms. The molecule has 0 aromatic heterocycles. The summed E-state index contributed by atoms with van der Waals surface area (Å²) in [5.41, 5.74) is -0.000491. The maximum atomic E-state index is 12.8. The number of hydrogen-bond donors (Lipinski definition) is 5. The Bertz CT molecular complexity index is 808. The van der Waals surface area contributed by atoms with Crippen LogP contribution < -0.4 is 16.0 Å². The van der Waals surface area contributed by atoms with E-state index >= 15 is 0 Å². The molecule has 0 aliphatic heterocycles. The summed E-state index contributed by atoms with van der Waals surface area (Å²) >= 11 is 0. The average Bonchev–Trinajstić information content (AvgIpc) is 2.71. The summed E-state index contributed by atoms with van der Waals surface area (Å²) in [6.07, 6.45) is 0.440. The van der Waals surface area contributed by atoms with Gasteiger partial charge in [0.1, 0.15) is 17.4 Å². The number of alkyl carbamates (subject to hydrolysis) is 1. The number of nitrogens with one attached hydrogen (secondary N) is 3. The second-order valence-electron chi connectivity index (χ2n) is 9.71. The van der Waals surface area contributed by atoms with E-state index in [4.69, 9.17) is 4.74 Å². The van der Waals surface area contributed by atoms with Gasteiger partial charge in [-0.2, -0.15) is 0 Å². The van der Waals surface area contributed by atoms with Crippen LogP contribution in [-0.4, -0.2) is 58.5 Å². The zero-order valence-corrected chi connectivity index (χ0v) is 21.2. The van der Waals surface area contributed by atoms with Crippen LogP contribution in [0.4, 0.5) is 4.79 Å². The largest absolute Gasteiger partial charge is 0.508 e. The first-order valence-corrected chi connectivity index (χ1v) is 11.9. The fraction of sp³-hybridized carbons (Fsp3) is 0.640. The van der Waals surface area contributed by atoms with Crippen molar-refractivity contribution in [2.75, 3.05) is 6.54 Å². The van der Waals surface area contributed by atoms with Crippen molar-refractivity contribution >= 4 is 17.9 Å². The van der Waals surface area contributed by atoms with Crippen LogP contribution in [0, 0.1) is 5.92 Å². The lowest BCUT2D eigenvalue weighted by Gasteiger charge is -2.28. The summed E-state index contributed by atoms with van der Waals surface area (Å²) in [4.78, 5) is 37.1. The molecule has 0 fully saturated rings. The molecule has 0 saturated carbocycles. The molecule has 0 aliphatic rings. The quantitative estimate of drug-likeness (QED) is 0.292. The van der Waals surface area contributed by atoms with Crippen molar-refractivity contribution in [2.45, 2.75) is 91.0 Å². The molecule has 5 N–H and O–H groups in total. The van der Waals surface area contributed by atoms with Gasteiger partial charge in [0, 0.05) is 12.5 Å². The molecule has 0 radical (unpaired) electrons. The molecule has 0 unspecified atom stereocenters. The van der Waals surface area contributed by atoms with E-state index in [-0.39, 0.29) is 24.5 Å². The van der Waals surface area contributed by atoms with Crippen molar-refractivity contribution in [1.82, 2.24) is 16.0 Å². The van der Waals surface area contributed by atoms with Crippen molar-refractivity contribution in [3.05, 3.63) is 29.8 Å². The number of rotatable bonds is 12. The highest BCUT2D eigenvalue weighted by molar-refractivity contribution is 5.85. The van der Waals surface area contributed by atoms with Crippen LogP contribution in [0.25, 0.3) is 0 Å². The highest BCUT2D eigenvalue weighted by atomic mass is 16.6. The molecule has 0 spiro atoms. The van der Waals surface area contributed by atoms with E-state index in [1.807, 2.05) is 6.92 Å². The van der Waals surface area contributed by atoms with Crippen LogP contribution in [0.5, 0.6) is 5.75 Å². The van der Waals surface area contributed by atoms with Crippen molar-refractivity contribution < 1.29 is 29.3 Å². The van der Waals surface area contributed by atoms with E-state index in [1.165, 1.54) is 13.0 Å². The van der Waals surface area contributed by atoms with Crippen LogP contribution >= 0.6 is 0 Å². The summed E-state index contributed by atoms with van der Waals surface area (Å²) in [5.74, 6) is -1.06. The van der Waals surface area contributed by atoms with E-state index in [0.717, 1.165) is 12.8 Å². The smallest absolute Gasteiger partial charge is 0.408 e. The van der Waals surface area contributed by atoms with Crippen molar-refractivity contribution in [3.8, 4) is 5.75 Å². The van der Waals surface area contributed by atoms with E-state index in [2.05, 4.69) is 16.0 Å². The molecule has 4 atom stereocenters. The molecule has 9 nitrogen and oxygen atoms in total. The number of amides is 3. The third-order valence-electron chi connectivity index (χ3n) is 5.16. The second-order valence-corrected chi connectivity index (χ2v) is 9.71. The molecule has 0 bridgehead atoms. The molecule has 1 aromatic rings. The van der Waals surface area contributed by atoms with Crippen LogP contribution in [0.15, 0.2) is 24.3 Å². The molecular weight excluding hydrogens is 438 g/mol. The minimum absolute atomic E-state index is 0.0701. The lowest BCUT2D eigenvalue weighted by atomic mass is 9.93. The highest BCUT2D eigenvalue weighted by Gasteiger charge is 2.28. The standard InChI is InChI=1S/C25H41N3O6/c1-7-8-12-26-22(31)16(2)13-21(30)20(15-18-10-9-11-19(29)14-18)28-23(32)17(3)27-24(33)34-25(4,5)6/h9-11,14,16-17,20-21,29-30H,7-8,12-13,15H2,1-6H3,(H,26,31)(H,27,33)(H,28,32)/t16-,17-,20-,21+/m0/s1. The molecule has 0 saturated heterocycles. The first-order valence-electron chi connectivity index (χ1n) is 11.9. The number of carbonyl (C=O) groups excluding carboxylic acids is 3. The van der Waals surface area contributed by atoms with Gasteiger partial charge in [-0.15, -0.1) is 0 Å². The molecule has 3 amide bonds. The minimum Gasteiger partial charge on any atom is -0.508 e. The number of aromatic hydroxyl groups is 1. The first kappa shape index (κ1) is 29.2. The second kappa shape index (κ2) is 13.8. The SMILES string of the molecule is CCCCNC(=O)[C@@H](C)C[C@@H](O)[C@H](Cc1cccc(O)c1)NC(=O)[C@H](C)NC(=O)OC(C)(C)C. The lowest BCUT2D eigenvalue weighted by Crippen LogP contribution is -2.53. The van der Waals surface area contributed by atoms with Crippen LogP contribution in [0.3, 0.4) is 0 Å². The number of aliphatic hydroxyl groups is 1. The van der Waals surface area contributed by atoms with Crippen LogP contribution in [0.2, 0.25) is 0 Å². The Balaban J connectivity index is 2.88. The Labute approximate surface area is 202 Å². The summed E-state index contributed by atoms with van der Waals surface area (Å²) in [7, 11) is 0. The summed E-state index contributed by atoms with van der Waals surface area (Å²) < 4.78 is 5.19. The third kappa shape index (κ3) is 11.4. The maximum Gasteiger partial charge on any atom is 0.408 e. The lowest BCUT2D eigenvalue weighted by molar-refractivity contribution is -0.126. The molecule has 192 valence electrons. The Morgan fingerprint density at radius 2 is 1.76 bits per heavy atom. The predicted octanol–water partition coefficient (Wildman–Crippen LogP) is 2.64. The Morgan fingerprint density at radius 1 is 1.09 bits per heavy atom. The number of phenols is 1. The van der Waals surface area contributed by atoms with Gasteiger partial charge in [0.15, 0.2) is 0 Å². The first-order chi connectivity index (χ1) is 15.8. The Hall–Kier alpha value is -2.81. The van der Waals surface area contributed by atoms with Gasteiger partial charge in [-0.25, -0.2) is 4.79 Å². The van der Waals surface area contributed by atoms with Gasteiger partial charge in [-0.05, 0) is 64.7 Å². The van der Waals surface area contributed by atoms with Gasteiger partial charge in [0.05, 0.1) is 12.1 Å². The van der Waals surface area contributed by atoms with Crippen molar-refractivity contribution in [2.24, 2.45) is 5.92 Å². The zero-order chi connectivity index (χ0) is 25.9. The predicted molar refractivity (Wildman–Crippen MR) is 130 cm³/mol. The fourth-order valence-corrected chi connectivity index (χ4v) is 3.27. The monoisotopic (exact) mass is 479 g/mol. The highest BCUT2D eigenvalue weighted by Crippen LogP contribution is 2.17. The molecule has 0 heterocycles. The maximum absolute atomic E-state index is 12.8. The Morgan fingerprint density at radius 3 is 2.35 bits per heavy atom. The van der Waals surface area contributed by atoms with E-state index in [0.29, 0.717) is 12.1 Å². The van der Waals surface area contributed by atoms with Crippen LogP contribution in [0.1, 0.15) is 66.4 Å². The molecule has 34 heavy (non-hydrogen) atoms. The number of phenolic OH excluding ortho intramolecular Hbond substituents is 1. The van der Waals surface area contributed by atoms with Gasteiger partial charge in [0.25, 0.3) is 0 Å². The summed E-state index contributed by atoms with van der Waals surface area (Å²) in [5, 5.41) is 28.8. The van der Waals surface area contributed by atoms with E-state index in [9.17, 15) is 24.6 Å². The number of unbranched alkanes of at least 4 members (excludes halogenated alkanes) is 1. The fourth-order valence-electron chi connectivity index (χ4n) is 3.27. The van der Waals surface area contributed by atoms with Gasteiger partial charge in [-0.3, -0.25) is 9.59 Å². The normalized spacial score (nSPS) is 14.9. The number of carbonyl (C=O) groups is 3. The summed E-state index contributed by atoms with van der Waals surface area (Å²) in [6, 6.07) is 4.87. The van der Waals surface area contributed by atoms with Gasteiger partial charge in [0.2, 0.25) is 11.8 Å². The average molecular weight is 480 g/mol. The van der Waals surface area contributed by atoms with Gasteiger partial charge >= 0.3 is 6.09 Å². The van der Waals surface area contributed by atoms with Crippen LogP contribution in [-0.2, 0) is 20.7 Å². The van der Waals surface area contributed by atoms with E-state index in [1.54, 1.807) is 45.9 Å². The van der Waals surface area contributed by atoms with Gasteiger partial charge < -0.3 is 30.9 Å². The molecule has 1 aromatic carbocycles. The summed E-state index contributed by atoms with van der Waals surface area (Å²) in [6.45, 7) is 11.0. The number of benzene rings is 1. The minimum atomic E-state index is -1.04. The van der Waals surface area contributed by atoms with Crippen molar-refractivity contribution in [3.63, 3.8) is 0 Å². The van der Waals surface area contributed by atoms with Crippen molar-refractivity contribution in [1.29, 1.82) is 0 Å². The number of hydrogen-bond acceptors (Lipinski definition) is 6.